The van der Waals surface area contributed by atoms with E-state index in [0.717, 1.165) is 12.5 Å². The highest BCUT2D eigenvalue weighted by Gasteiger charge is 2.27. The number of aromatic nitrogens is 3. The predicted octanol–water partition coefficient (Wildman–Crippen LogP) is 2.16. The number of anilines is 1. The molecule has 0 aliphatic heterocycles. The Kier molecular flexibility index (Phi) is 3.66. The van der Waals surface area contributed by atoms with E-state index in [1.54, 1.807) is 0 Å². The molecule has 6 heteroatoms. The summed E-state index contributed by atoms with van der Waals surface area (Å²) in [6, 6.07) is 0.597. The van der Waals surface area contributed by atoms with Crippen LogP contribution in [0.5, 0.6) is 6.01 Å². The minimum Gasteiger partial charge on any atom is -0.467 e. The minimum atomic E-state index is 0.174. The Hall–Kier alpha value is -1.10. The van der Waals surface area contributed by atoms with Crippen molar-refractivity contribution in [2.24, 2.45) is 5.92 Å². The highest BCUT2D eigenvalue weighted by Crippen LogP contribution is 2.31. The highest BCUT2D eigenvalue weighted by atomic mass is 35.5. The van der Waals surface area contributed by atoms with Crippen molar-refractivity contribution in [1.29, 1.82) is 0 Å². The Morgan fingerprint density at radius 2 is 2.06 bits per heavy atom. The van der Waals surface area contributed by atoms with E-state index in [4.69, 9.17) is 16.3 Å². The predicted molar refractivity (Wildman–Crippen MR) is 66.6 cm³/mol. The van der Waals surface area contributed by atoms with Crippen molar-refractivity contribution in [1.82, 2.24) is 15.0 Å². The lowest BCUT2D eigenvalue weighted by molar-refractivity contribution is 0.377. The quantitative estimate of drug-likeness (QED) is 0.808. The van der Waals surface area contributed by atoms with Gasteiger partial charge in [0.05, 0.1) is 7.11 Å². The Labute approximate surface area is 106 Å². The minimum absolute atomic E-state index is 0.174. The van der Waals surface area contributed by atoms with Crippen molar-refractivity contribution in [2.75, 3.05) is 18.6 Å². The summed E-state index contributed by atoms with van der Waals surface area (Å²) < 4.78 is 5.01. The molecule has 5 nitrogen and oxygen atoms in total. The van der Waals surface area contributed by atoms with Gasteiger partial charge in [0.1, 0.15) is 0 Å². The Balaban J connectivity index is 2.23. The van der Waals surface area contributed by atoms with Crippen LogP contribution in [-0.2, 0) is 0 Å². The average molecular weight is 257 g/mol. The van der Waals surface area contributed by atoms with Crippen LogP contribution in [-0.4, -0.2) is 34.6 Å². The van der Waals surface area contributed by atoms with Crippen LogP contribution in [0.2, 0.25) is 5.28 Å². The largest absolute Gasteiger partial charge is 0.467 e. The zero-order valence-electron chi connectivity index (χ0n) is 10.4. The van der Waals surface area contributed by atoms with Gasteiger partial charge < -0.3 is 9.64 Å². The molecule has 0 amide bonds. The van der Waals surface area contributed by atoms with Gasteiger partial charge in [-0.05, 0) is 44.2 Å². The van der Waals surface area contributed by atoms with Gasteiger partial charge in [0, 0.05) is 12.6 Å². The van der Waals surface area contributed by atoms with Gasteiger partial charge in [0.15, 0.2) is 0 Å². The summed E-state index contributed by atoms with van der Waals surface area (Å²) in [4.78, 5) is 14.5. The fourth-order valence-electron chi connectivity index (χ4n) is 1.64. The summed E-state index contributed by atoms with van der Waals surface area (Å²) in [6.07, 6.45) is 2.58. The van der Waals surface area contributed by atoms with Crippen molar-refractivity contribution in [3.05, 3.63) is 5.28 Å². The van der Waals surface area contributed by atoms with Crippen LogP contribution in [0.1, 0.15) is 26.7 Å². The van der Waals surface area contributed by atoms with Crippen molar-refractivity contribution in [3.8, 4) is 6.01 Å². The second kappa shape index (κ2) is 5.04. The lowest BCUT2D eigenvalue weighted by Gasteiger charge is -2.26. The van der Waals surface area contributed by atoms with Gasteiger partial charge in [-0.3, -0.25) is 0 Å². The fraction of sp³-hybridized carbons (Fsp3) is 0.727. The number of methoxy groups -OCH3 is 1. The number of nitrogens with zero attached hydrogens (tertiary/aromatic N) is 4. The van der Waals surface area contributed by atoms with E-state index in [-0.39, 0.29) is 11.3 Å². The van der Waals surface area contributed by atoms with Gasteiger partial charge in [-0.1, -0.05) is 0 Å². The summed E-state index contributed by atoms with van der Waals surface area (Å²) in [5, 5.41) is 0.174. The Bertz CT molecular complexity index is 395. The average Bonchev–Trinajstić information content (AvgIpc) is 3.08. The summed E-state index contributed by atoms with van der Waals surface area (Å²) in [6.45, 7) is 5.21. The molecule has 17 heavy (non-hydrogen) atoms. The van der Waals surface area contributed by atoms with Crippen molar-refractivity contribution in [2.45, 2.75) is 32.7 Å². The fourth-order valence-corrected chi connectivity index (χ4v) is 1.79. The van der Waals surface area contributed by atoms with E-state index in [2.05, 4.69) is 33.7 Å². The monoisotopic (exact) mass is 256 g/mol. The number of hydrogen-bond acceptors (Lipinski definition) is 5. The lowest BCUT2D eigenvalue weighted by Crippen LogP contribution is -2.34. The summed E-state index contributed by atoms with van der Waals surface area (Å²) in [7, 11) is 1.52. The third-order valence-corrected chi connectivity index (χ3v) is 2.96. The van der Waals surface area contributed by atoms with Crippen LogP contribution in [0.3, 0.4) is 0 Å². The number of halogens is 1. The van der Waals surface area contributed by atoms with Crippen LogP contribution in [0.15, 0.2) is 0 Å². The second-order valence-corrected chi connectivity index (χ2v) is 4.92. The molecular formula is C11H17ClN4O. The van der Waals surface area contributed by atoms with Crippen LogP contribution in [0, 0.1) is 5.92 Å². The molecule has 0 aromatic carbocycles. The lowest BCUT2D eigenvalue weighted by atomic mass is 10.3. The highest BCUT2D eigenvalue weighted by molar-refractivity contribution is 6.28. The maximum atomic E-state index is 5.86. The molecule has 1 heterocycles. The molecule has 1 aliphatic rings. The van der Waals surface area contributed by atoms with Crippen LogP contribution >= 0.6 is 11.6 Å². The molecule has 0 saturated heterocycles. The molecule has 1 fully saturated rings. The third kappa shape index (κ3) is 3.19. The first-order chi connectivity index (χ1) is 8.10. The molecule has 0 spiro atoms. The topological polar surface area (TPSA) is 51.1 Å². The maximum Gasteiger partial charge on any atom is 0.322 e. The van der Waals surface area contributed by atoms with Crippen molar-refractivity contribution in [3.63, 3.8) is 0 Å². The molecule has 0 N–H and O–H groups in total. The molecule has 1 aromatic heterocycles. The molecule has 0 radical (unpaired) electrons. The van der Waals surface area contributed by atoms with Gasteiger partial charge in [-0.2, -0.15) is 15.0 Å². The number of rotatable bonds is 5. The second-order valence-electron chi connectivity index (χ2n) is 4.58. The Morgan fingerprint density at radius 1 is 1.35 bits per heavy atom. The molecule has 0 atom stereocenters. The number of hydrogen-bond donors (Lipinski definition) is 0. The van der Waals surface area contributed by atoms with E-state index >= 15 is 0 Å². The number of ether oxygens (including phenoxy) is 1. The maximum absolute atomic E-state index is 5.86. The van der Waals surface area contributed by atoms with Gasteiger partial charge >= 0.3 is 6.01 Å². The van der Waals surface area contributed by atoms with Crippen LogP contribution < -0.4 is 9.64 Å². The van der Waals surface area contributed by atoms with Crippen molar-refractivity contribution < 1.29 is 4.74 Å². The van der Waals surface area contributed by atoms with E-state index in [1.165, 1.54) is 20.0 Å². The van der Waals surface area contributed by atoms with E-state index < -0.39 is 0 Å². The first-order valence-electron chi connectivity index (χ1n) is 5.82. The summed E-state index contributed by atoms with van der Waals surface area (Å²) in [5.41, 5.74) is 0. The molecule has 94 valence electrons. The molecule has 0 bridgehead atoms. The van der Waals surface area contributed by atoms with Gasteiger partial charge in [-0.15, -0.1) is 0 Å². The SMILES string of the molecule is COc1nc(Cl)nc(N(CC2CC2)C(C)C)n1. The van der Waals surface area contributed by atoms with Gasteiger partial charge in [0.2, 0.25) is 11.2 Å². The van der Waals surface area contributed by atoms with Gasteiger partial charge in [-0.25, -0.2) is 0 Å². The molecule has 0 unspecified atom stereocenters. The van der Waals surface area contributed by atoms with Crippen molar-refractivity contribution >= 4 is 17.5 Å². The molecular weight excluding hydrogens is 240 g/mol. The summed E-state index contributed by atoms with van der Waals surface area (Å²) >= 11 is 5.86. The van der Waals surface area contributed by atoms with E-state index in [9.17, 15) is 0 Å². The van der Waals surface area contributed by atoms with Crippen LogP contribution in [0.25, 0.3) is 0 Å². The molecule has 1 aliphatic carbocycles. The zero-order chi connectivity index (χ0) is 12.4. The first kappa shape index (κ1) is 12.4. The van der Waals surface area contributed by atoms with Crippen LogP contribution in [0.4, 0.5) is 5.95 Å². The molecule has 1 aromatic rings. The molecule has 2 rings (SSSR count). The van der Waals surface area contributed by atoms with E-state index in [0.29, 0.717) is 12.0 Å². The summed E-state index contributed by atoms with van der Waals surface area (Å²) in [5.74, 6) is 1.36. The third-order valence-electron chi connectivity index (χ3n) is 2.79. The standard InChI is InChI=1S/C11H17ClN4O/c1-7(2)16(6-8-4-5-8)10-13-9(12)14-11(15-10)17-3/h7-8H,4-6H2,1-3H3. The van der Waals surface area contributed by atoms with E-state index in [1.807, 2.05) is 0 Å². The normalized spacial score (nSPS) is 15.1. The smallest absolute Gasteiger partial charge is 0.322 e. The van der Waals surface area contributed by atoms with Gasteiger partial charge in [0.25, 0.3) is 0 Å². The zero-order valence-corrected chi connectivity index (χ0v) is 11.1. The molecule has 1 saturated carbocycles. The first-order valence-corrected chi connectivity index (χ1v) is 6.20. The Morgan fingerprint density at radius 3 is 2.59 bits per heavy atom.